The third kappa shape index (κ3) is 3.30. The fraction of sp³-hybridized carbons (Fsp3) is 0.714. The van der Waals surface area contributed by atoms with Crippen LogP contribution in [-0.4, -0.2) is 38.4 Å². The van der Waals surface area contributed by atoms with Crippen LogP contribution in [-0.2, 0) is 5.41 Å². The Labute approximate surface area is 124 Å². The molecule has 2 rings (SSSR count). The Bertz CT molecular complexity index is 557. The Balaban J connectivity index is 2.30. The fourth-order valence-corrected chi connectivity index (χ4v) is 2.91. The van der Waals surface area contributed by atoms with Crippen LogP contribution in [0.15, 0.2) is 6.20 Å². The van der Waals surface area contributed by atoms with E-state index in [9.17, 15) is 5.11 Å². The molecular formula is C14H24N4OS. The van der Waals surface area contributed by atoms with Crippen LogP contribution in [0.2, 0.25) is 0 Å². The summed E-state index contributed by atoms with van der Waals surface area (Å²) < 4.78 is 1.84. The monoisotopic (exact) mass is 296 g/mol. The molecule has 2 aromatic rings. The fourth-order valence-electron chi connectivity index (χ4n) is 1.96. The molecule has 1 N–H and O–H groups in total. The topological polar surface area (TPSA) is 53.7 Å². The molecule has 0 aliphatic rings. The minimum atomic E-state index is -0.736. The first kappa shape index (κ1) is 15.3. The summed E-state index contributed by atoms with van der Waals surface area (Å²) in [5.74, 6) is 0. The molecule has 112 valence electrons. The maximum Gasteiger partial charge on any atom is 0.214 e. The van der Waals surface area contributed by atoms with Gasteiger partial charge in [0.15, 0.2) is 0 Å². The van der Waals surface area contributed by atoms with E-state index < -0.39 is 5.60 Å². The lowest BCUT2D eigenvalue weighted by Gasteiger charge is -2.27. The van der Waals surface area contributed by atoms with E-state index >= 15 is 0 Å². The van der Waals surface area contributed by atoms with Gasteiger partial charge in [-0.2, -0.15) is 0 Å². The highest BCUT2D eigenvalue weighted by Gasteiger charge is 2.23. The number of hydrogen-bond donors (Lipinski definition) is 1. The van der Waals surface area contributed by atoms with Crippen molar-refractivity contribution in [1.29, 1.82) is 0 Å². The van der Waals surface area contributed by atoms with Gasteiger partial charge in [0.25, 0.3) is 0 Å². The molecule has 0 radical (unpaired) electrons. The van der Waals surface area contributed by atoms with Gasteiger partial charge in [0.2, 0.25) is 10.1 Å². The number of fused-ring (bicyclic) bond motifs is 1. The summed E-state index contributed by atoms with van der Waals surface area (Å²) in [6.07, 6.45) is 1.99. The van der Waals surface area contributed by atoms with E-state index in [1.165, 1.54) is 0 Å². The first-order valence-electron chi connectivity index (χ1n) is 6.94. The predicted molar refractivity (Wildman–Crippen MR) is 83.7 cm³/mol. The van der Waals surface area contributed by atoms with Crippen molar-refractivity contribution in [3.63, 3.8) is 0 Å². The summed E-state index contributed by atoms with van der Waals surface area (Å²) in [5.41, 5.74) is 0.346. The van der Waals surface area contributed by atoms with E-state index in [-0.39, 0.29) is 5.41 Å². The lowest BCUT2D eigenvalue weighted by molar-refractivity contribution is 0.0875. The van der Waals surface area contributed by atoms with Crippen LogP contribution in [0.1, 0.15) is 47.2 Å². The van der Waals surface area contributed by atoms with Crippen LogP contribution in [0.25, 0.3) is 4.96 Å². The number of aromatic nitrogens is 3. The van der Waals surface area contributed by atoms with Gasteiger partial charge in [-0.15, -0.1) is 5.10 Å². The van der Waals surface area contributed by atoms with Gasteiger partial charge in [-0.1, -0.05) is 32.1 Å². The van der Waals surface area contributed by atoms with E-state index in [0.29, 0.717) is 6.54 Å². The van der Waals surface area contributed by atoms with Crippen molar-refractivity contribution in [3.8, 4) is 0 Å². The van der Waals surface area contributed by atoms with Crippen molar-refractivity contribution in [2.45, 2.75) is 52.6 Å². The quantitative estimate of drug-likeness (QED) is 0.942. The molecule has 0 saturated heterocycles. The second-order valence-electron chi connectivity index (χ2n) is 6.81. The molecule has 0 unspecified atom stereocenters. The normalized spacial score (nSPS) is 13.2. The lowest BCUT2D eigenvalue weighted by atomic mass is 9.93. The molecule has 0 aliphatic heterocycles. The van der Waals surface area contributed by atoms with Gasteiger partial charge >= 0.3 is 0 Å². The lowest BCUT2D eigenvalue weighted by Crippen LogP contribution is -2.38. The third-order valence-electron chi connectivity index (χ3n) is 3.03. The predicted octanol–water partition coefficient (Wildman–Crippen LogP) is 2.69. The van der Waals surface area contributed by atoms with Crippen LogP contribution in [0, 0.1) is 0 Å². The SMILES string of the molecule is CCN(CC(C)(C)O)c1nn2cc(C(C)(C)C)nc2s1. The summed E-state index contributed by atoms with van der Waals surface area (Å²) in [7, 11) is 0. The molecule has 0 saturated carbocycles. The average Bonchev–Trinajstić information content (AvgIpc) is 2.80. The van der Waals surface area contributed by atoms with Gasteiger partial charge < -0.3 is 10.0 Å². The molecule has 6 heteroatoms. The molecule has 2 heterocycles. The maximum atomic E-state index is 9.97. The Morgan fingerprint density at radius 3 is 2.40 bits per heavy atom. The van der Waals surface area contributed by atoms with Gasteiger partial charge in [-0.25, -0.2) is 9.50 Å². The van der Waals surface area contributed by atoms with E-state index in [1.807, 2.05) is 24.6 Å². The van der Waals surface area contributed by atoms with Crippen molar-refractivity contribution in [1.82, 2.24) is 14.6 Å². The zero-order chi connectivity index (χ0) is 15.1. The first-order chi connectivity index (χ1) is 9.10. The Hall–Kier alpha value is -1.14. The number of rotatable bonds is 4. The molecule has 0 fully saturated rings. The van der Waals surface area contributed by atoms with Gasteiger partial charge in [0.1, 0.15) is 0 Å². The smallest absolute Gasteiger partial charge is 0.214 e. The summed E-state index contributed by atoms with van der Waals surface area (Å²) in [6.45, 7) is 13.5. The van der Waals surface area contributed by atoms with Gasteiger partial charge in [0, 0.05) is 18.5 Å². The molecule has 0 aromatic carbocycles. The molecule has 2 aromatic heterocycles. The van der Waals surface area contributed by atoms with E-state index in [0.717, 1.165) is 22.3 Å². The van der Waals surface area contributed by atoms with Gasteiger partial charge in [0.05, 0.1) is 17.5 Å². The summed E-state index contributed by atoms with van der Waals surface area (Å²) >= 11 is 1.56. The van der Waals surface area contributed by atoms with Crippen LogP contribution in [0.4, 0.5) is 5.13 Å². The molecule has 5 nitrogen and oxygen atoms in total. The highest BCUT2D eigenvalue weighted by atomic mass is 32.1. The van der Waals surface area contributed by atoms with Crippen molar-refractivity contribution in [3.05, 3.63) is 11.9 Å². The van der Waals surface area contributed by atoms with Gasteiger partial charge in [-0.3, -0.25) is 0 Å². The third-order valence-corrected chi connectivity index (χ3v) is 4.01. The van der Waals surface area contributed by atoms with E-state index in [1.54, 1.807) is 11.3 Å². The molecule has 0 spiro atoms. The highest BCUT2D eigenvalue weighted by molar-refractivity contribution is 7.20. The number of imidazole rings is 1. The van der Waals surface area contributed by atoms with Crippen LogP contribution < -0.4 is 4.90 Å². The second-order valence-corrected chi connectivity index (χ2v) is 7.75. The molecule has 0 bridgehead atoms. The number of likely N-dealkylation sites (N-methyl/N-ethyl adjacent to an activating group) is 1. The van der Waals surface area contributed by atoms with Crippen molar-refractivity contribution < 1.29 is 5.11 Å². The first-order valence-corrected chi connectivity index (χ1v) is 7.76. The Morgan fingerprint density at radius 1 is 1.30 bits per heavy atom. The number of aliphatic hydroxyl groups is 1. The number of nitrogens with zero attached hydrogens (tertiary/aromatic N) is 4. The summed E-state index contributed by atoms with van der Waals surface area (Å²) in [6, 6.07) is 0. The van der Waals surface area contributed by atoms with Crippen molar-refractivity contribution in [2.24, 2.45) is 0 Å². The maximum absolute atomic E-state index is 9.97. The molecule has 20 heavy (non-hydrogen) atoms. The standard InChI is InChI=1S/C14H24N4OS/c1-7-17(9-14(5,6)19)12-16-18-8-10(13(2,3)4)15-11(18)20-12/h8,19H,7,9H2,1-6H3. The van der Waals surface area contributed by atoms with E-state index in [4.69, 9.17) is 0 Å². The Kier molecular flexibility index (Phi) is 3.81. The number of hydrogen-bond acceptors (Lipinski definition) is 5. The van der Waals surface area contributed by atoms with Crippen molar-refractivity contribution in [2.75, 3.05) is 18.0 Å². The van der Waals surface area contributed by atoms with Crippen LogP contribution in [0.3, 0.4) is 0 Å². The molecular weight excluding hydrogens is 272 g/mol. The second kappa shape index (κ2) is 5.00. The minimum absolute atomic E-state index is 0.0329. The van der Waals surface area contributed by atoms with E-state index in [2.05, 4.69) is 42.7 Å². The van der Waals surface area contributed by atoms with Crippen LogP contribution >= 0.6 is 11.3 Å². The van der Waals surface area contributed by atoms with Gasteiger partial charge in [-0.05, 0) is 20.8 Å². The summed E-state index contributed by atoms with van der Waals surface area (Å²) in [5, 5.41) is 15.5. The van der Waals surface area contributed by atoms with Crippen LogP contribution in [0.5, 0.6) is 0 Å². The average molecular weight is 296 g/mol. The largest absolute Gasteiger partial charge is 0.389 e. The zero-order valence-electron chi connectivity index (χ0n) is 13.1. The van der Waals surface area contributed by atoms with Crippen molar-refractivity contribution >= 4 is 21.4 Å². The summed E-state index contributed by atoms with van der Waals surface area (Å²) in [4.78, 5) is 7.63. The molecule has 0 aliphatic carbocycles. The molecule has 0 amide bonds. The zero-order valence-corrected chi connectivity index (χ0v) is 14.0. The highest BCUT2D eigenvalue weighted by Crippen LogP contribution is 2.28. The number of anilines is 1. The Morgan fingerprint density at radius 2 is 1.95 bits per heavy atom. The minimum Gasteiger partial charge on any atom is -0.389 e. The molecule has 0 atom stereocenters.